The van der Waals surface area contributed by atoms with E-state index in [9.17, 15) is 17.2 Å². The van der Waals surface area contributed by atoms with E-state index in [0.29, 0.717) is 11.1 Å². The molecule has 0 amide bonds. The van der Waals surface area contributed by atoms with E-state index >= 15 is 0 Å². The van der Waals surface area contributed by atoms with Crippen LogP contribution >= 0.6 is 12.6 Å². The fourth-order valence-corrected chi connectivity index (χ4v) is 3.74. The Labute approximate surface area is 149 Å². The second kappa shape index (κ2) is 6.85. The lowest BCUT2D eigenvalue weighted by Gasteiger charge is -2.13. The minimum Gasteiger partial charge on any atom is -0.277 e. The molecule has 0 unspecified atom stereocenters. The molecule has 3 nitrogen and oxygen atoms in total. The number of hydrogen-bond acceptors (Lipinski definition) is 3. The molecule has 3 rings (SSSR count). The van der Waals surface area contributed by atoms with Gasteiger partial charge in [-0.1, -0.05) is 36.4 Å². The lowest BCUT2D eigenvalue weighted by molar-refractivity contribution is 0.594. The van der Waals surface area contributed by atoms with Gasteiger partial charge < -0.3 is 0 Å². The summed E-state index contributed by atoms with van der Waals surface area (Å²) in [6, 6.07) is 16.1. The van der Waals surface area contributed by atoms with Gasteiger partial charge in [0.25, 0.3) is 10.0 Å². The lowest BCUT2D eigenvalue weighted by Crippen LogP contribution is -2.14. The van der Waals surface area contributed by atoms with Gasteiger partial charge in [-0.15, -0.1) is 12.6 Å². The highest BCUT2D eigenvalue weighted by Crippen LogP contribution is 2.33. The third kappa shape index (κ3) is 3.67. The molecule has 128 valence electrons. The van der Waals surface area contributed by atoms with Gasteiger partial charge in [0.05, 0.1) is 10.6 Å². The number of thiol groups is 1. The summed E-state index contributed by atoms with van der Waals surface area (Å²) in [5, 5.41) is 0. The zero-order valence-corrected chi connectivity index (χ0v) is 14.5. The SMILES string of the molecule is O=S(=O)(Nc1ccc(-c2cccc(F)c2)c(S)c1F)c1ccccc1. The van der Waals surface area contributed by atoms with Crippen LogP contribution in [0.1, 0.15) is 0 Å². The van der Waals surface area contributed by atoms with Crippen molar-refractivity contribution in [3.05, 3.63) is 78.4 Å². The molecule has 0 fully saturated rings. The van der Waals surface area contributed by atoms with Crippen molar-refractivity contribution in [1.82, 2.24) is 0 Å². The first-order valence-electron chi connectivity index (χ1n) is 7.24. The maximum atomic E-state index is 14.6. The molecule has 0 radical (unpaired) electrons. The topological polar surface area (TPSA) is 46.2 Å². The first kappa shape index (κ1) is 17.4. The first-order valence-corrected chi connectivity index (χ1v) is 9.17. The molecule has 0 aliphatic rings. The van der Waals surface area contributed by atoms with Crippen LogP contribution in [-0.2, 0) is 10.0 Å². The van der Waals surface area contributed by atoms with Crippen LogP contribution in [0, 0.1) is 11.6 Å². The molecule has 0 saturated carbocycles. The standard InChI is InChI=1S/C18H13F2NO2S2/c19-13-6-4-5-12(11-13)15-9-10-16(17(20)18(15)24)21-25(22,23)14-7-2-1-3-8-14/h1-11,21,24H. The van der Waals surface area contributed by atoms with Crippen LogP contribution in [0.2, 0.25) is 0 Å². The first-order chi connectivity index (χ1) is 11.9. The van der Waals surface area contributed by atoms with Gasteiger partial charge in [-0.25, -0.2) is 17.2 Å². The molecule has 0 aliphatic heterocycles. The summed E-state index contributed by atoms with van der Waals surface area (Å²) in [7, 11) is -3.92. The van der Waals surface area contributed by atoms with Crippen molar-refractivity contribution in [3.63, 3.8) is 0 Å². The van der Waals surface area contributed by atoms with Crippen LogP contribution < -0.4 is 4.72 Å². The Hall–Kier alpha value is -2.38. The van der Waals surface area contributed by atoms with E-state index in [-0.39, 0.29) is 15.5 Å². The van der Waals surface area contributed by atoms with E-state index in [1.54, 1.807) is 24.3 Å². The summed E-state index contributed by atoms with van der Waals surface area (Å²) in [5.41, 5.74) is 0.582. The minimum atomic E-state index is -3.92. The highest BCUT2D eigenvalue weighted by molar-refractivity contribution is 7.92. The zero-order chi connectivity index (χ0) is 18.0. The molecule has 7 heteroatoms. The Balaban J connectivity index is 1.99. The van der Waals surface area contributed by atoms with Crippen molar-refractivity contribution in [2.45, 2.75) is 9.79 Å². The fourth-order valence-electron chi connectivity index (χ4n) is 2.34. The van der Waals surface area contributed by atoms with Gasteiger partial charge in [0.2, 0.25) is 0 Å². The van der Waals surface area contributed by atoms with E-state index in [0.717, 1.165) is 0 Å². The third-order valence-electron chi connectivity index (χ3n) is 3.55. The van der Waals surface area contributed by atoms with Crippen molar-refractivity contribution in [1.29, 1.82) is 0 Å². The molecule has 0 saturated heterocycles. The highest BCUT2D eigenvalue weighted by atomic mass is 32.2. The van der Waals surface area contributed by atoms with Crippen LogP contribution in [0.4, 0.5) is 14.5 Å². The van der Waals surface area contributed by atoms with Crippen molar-refractivity contribution in [2.75, 3.05) is 4.72 Å². The minimum absolute atomic E-state index is 0.0179. The number of benzene rings is 3. The van der Waals surface area contributed by atoms with Gasteiger partial charge in [0.15, 0.2) is 5.82 Å². The van der Waals surface area contributed by atoms with E-state index in [2.05, 4.69) is 17.4 Å². The molecular formula is C18H13F2NO2S2. The quantitative estimate of drug-likeness (QED) is 0.646. The van der Waals surface area contributed by atoms with E-state index in [4.69, 9.17) is 0 Å². The monoisotopic (exact) mass is 377 g/mol. The number of rotatable bonds is 4. The third-order valence-corrected chi connectivity index (χ3v) is 5.37. The van der Waals surface area contributed by atoms with Gasteiger partial charge in [-0.3, -0.25) is 4.72 Å². The molecule has 1 N–H and O–H groups in total. The fraction of sp³-hybridized carbons (Fsp3) is 0. The summed E-state index contributed by atoms with van der Waals surface area (Å²) in [5.74, 6) is -1.29. The van der Waals surface area contributed by atoms with Gasteiger partial charge >= 0.3 is 0 Å². The van der Waals surface area contributed by atoms with E-state index < -0.39 is 21.7 Å². The molecule has 0 aliphatic carbocycles. The Morgan fingerprint density at radius 1 is 0.880 bits per heavy atom. The number of sulfonamides is 1. The van der Waals surface area contributed by atoms with Crippen molar-refractivity contribution >= 4 is 28.3 Å². The van der Waals surface area contributed by atoms with Gasteiger partial charge in [-0.05, 0) is 41.5 Å². The van der Waals surface area contributed by atoms with Crippen LogP contribution in [-0.4, -0.2) is 8.42 Å². The molecule has 0 spiro atoms. The molecular weight excluding hydrogens is 364 g/mol. The Morgan fingerprint density at radius 3 is 2.28 bits per heavy atom. The smallest absolute Gasteiger partial charge is 0.261 e. The Bertz CT molecular complexity index is 1020. The van der Waals surface area contributed by atoms with Gasteiger partial charge in [0, 0.05) is 4.90 Å². The maximum absolute atomic E-state index is 14.6. The molecule has 0 bridgehead atoms. The number of anilines is 1. The summed E-state index contributed by atoms with van der Waals surface area (Å²) in [4.78, 5) is -0.0526. The van der Waals surface area contributed by atoms with Crippen LogP contribution in [0.3, 0.4) is 0 Å². The largest absolute Gasteiger partial charge is 0.277 e. The van der Waals surface area contributed by atoms with Crippen molar-refractivity contribution in [2.24, 2.45) is 0 Å². The van der Waals surface area contributed by atoms with Crippen LogP contribution in [0.25, 0.3) is 11.1 Å². The molecule has 25 heavy (non-hydrogen) atoms. The number of nitrogens with one attached hydrogen (secondary N) is 1. The summed E-state index contributed by atoms with van der Waals surface area (Å²) in [6.45, 7) is 0. The summed E-state index contributed by atoms with van der Waals surface area (Å²) >= 11 is 4.13. The molecule has 0 aromatic heterocycles. The molecule has 3 aromatic rings. The normalized spacial score (nSPS) is 11.3. The van der Waals surface area contributed by atoms with Crippen molar-refractivity contribution < 1.29 is 17.2 Å². The second-order valence-corrected chi connectivity index (χ2v) is 7.38. The Morgan fingerprint density at radius 2 is 1.60 bits per heavy atom. The highest BCUT2D eigenvalue weighted by Gasteiger charge is 2.19. The average Bonchev–Trinajstić information content (AvgIpc) is 2.60. The predicted octanol–water partition coefficient (Wildman–Crippen LogP) is 4.72. The van der Waals surface area contributed by atoms with Crippen molar-refractivity contribution in [3.8, 4) is 11.1 Å². The average molecular weight is 377 g/mol. The maximum Gasteiger partial charge on any atom is 0.261 e. The van der Waals surface area contributed by atoms with Gasteiger partial charge in [-0.2, -0.15) is 0 Å². The Kier molecular flexibility index (Phi) is 4.78. The number of hydrogen-bond donors (Lipinski definition) is 2. The summed E-state index contributed by atoms with van der Waals surface area (Å²) < 4.78 is 54.8. The molecule has 0 heterocycles. The zero-order valence-electron chi connectivity index (χ0n) is 12.8. The van der Waals surface area contributed by atoms with E-state index in [1.807, 2.05) is 0 Å². The van der Waals surface area contributed by atoms with Crippen LogP contribution in [0.15, 0.2) is 76.5 Å². The predicted molar refractivity (Wildman–Crippen MR) is 96.3 cm³/mol. The summed E-state index contributed by atoms with van der Waals surface area (Å²) in [6.07, 6.45) is 0. The lowest BCUT2D eigenvalue weighted by atomic mass is 10.0. The van der Waals surface area contributed by atoms with E-state index in [1.165, 1.54) is 42.5 Å². The van der Waals surface area contributed by atoms with Gasteiger partial charge in [0.1, 0.15) is 5.82 Å². The number of halogens is 2. The molecule has 3 aromatic carbocycles. The second-order valence-electron chi connectivity index (χ2n) is 5.25. The van der Waals surface area contributed by atoms with Crippen LogP contribution in [0.5, 0.6) is 0 Å². The molecule has 0 atom stereocenters.